The summed E-state index contributed by atoms with van der Waals surface area (Å²) in [7, 11) is 0. The summed E-state index contributed by atoms with van der Waals surface area (Å²) in [4.78, 5) is 22.3. The van der Waals surface area contributed by atoms with Crippen LogP contribution >= 0.6 is 0 Å². The molecule has 2 saturated heterocycles. The van der Waals surface area contributed by atoms with Crippen LogP contribution in [0.5, 0.6) is 0 Å². The molecule has 150 valence electrons. The van der Waals surface area contributed by atoms with Crippen molar-refractivity contribution in [2.24, 2.45) is 11.3 Å². The first-order valence-electron chi connectivity index (χ1n) is 10.2. The minimum atomic E-state index is -0.457. The molecule has 0 bridgehead atoms. The molecule has 6 heteroatoms. The van der Waals surface area contributed by atoms with Crippen molar-refractivity contribution in [1.82, 2.24) is 9.88 Å². The number of aryl methyl sites for hydroxylation is 1. The molecule has 4 rings (SSSR count). The van der Waals surface area contributed by atoms with Crippen molar-refractivity contribution in [1.29, 1.82) is 0 Å². The van der Waals surface area contributed by atoms with E-state index in [-0.39, 0.29) is 11.9 Å². The number of pyridine rings is 1. The molecule has 2 atom stereocenters. The zero-order chi connectivity index (χ0) is 19.6. The van der Waals surface area contributed by atoms with E-state index in [4.69, 9.17) is 9.15 Å². The van der Waals surface area contributed by atoms with Gasteiger partial charge in [0, 0.05) is 31.7 Å². The molecule has 0 radical (unpaired) electrons. The number of hydrogen-bond donors (Lipinski definition) is 0. The SMILES string of the molecule is CCOC(=O)[C@@]12CCCN(Cc3ccc(C)o3)C[C@@H]1CN(c1ccccn1)C2. The second-order valence-corrected chi connectivity index (χ2v) is 7.99. The highest BCUT2D eigenvalue weighted by Gasteiger charge is 2.54. The number of carbonyl (C=O) groups is 1. The van der Waals surface area contributed by atoms with Crippen molar-refractivity contribution < 1.29 is 13.9 Å². The Morgan fingerprint density at radius 1 is 1.32 bits per heavy atom. The number of nitrogens with zero attached hydrogens (tertiary/aromatic N) is 3. The molecule has 2 aromatic rings. The van der Waals surface area contributed by atoms with Gasteiger partial charge in [-0.3, -0.25) is 9.69 Å². The minimum absolute atomic E-state index is 0.0471. The number of ether oxygens (including phenoxy) is 1. The van der Waals surface area contributed by atoms with E-state index in [2.05, 4.69) is 14.8 Å². The predicted molar refractivity (Wildman–Crippen MR) is 107 cm³/mol. The first-order valence-corrected chi connectivity index (χ1v) is 10.2. The largest absolute Gasteiger partial charge is 0.466 e. The number of rotatable bonds is 5. The monoisotopic (exact) mass is 383 g/mol. The van der Waals surface area contributed by atoms with Crippen LogP contribution in [0.25, 0.3) is 0 Å². The molecule has 0 N–H and O–H groups in total. The maximum atomic E-state index is 13.1. The average molecular weight is 383 g/mol. The number of aromatic nitrogens is 1. The summed E-state index contributed by atoms with van der Waals surface area (Å²) >= 11 is 0. The second kappa shape index (κ2) is 7.95. The van der Waals surface area contributed by atoms with Crippen LogP contribution in [-0.4, -0.2) is 48.6 Å². The van der Waals surface area contributed by atoms with Crippen molar-refractivity contribution >= 4 is 11.8 Å². The van der Waals surface area contributed by atoms with Crippen LogP contribution in [0.1, 0.15) is 31.3 Å². The topological polar surface area (TPSA) is 58.8 Å². The molecule has 2 aromatic heterocycles. The van der Waals surface area contributed by atoms with E-state index in [0.29, 0.717) is 13.2 Å². The van der Waals surface area contributed by atoms with Crippen molar-refractivity contribution in [2.45, 2.75) is 33.2 Å². The van der Waals surface area contributed by atoms with Gasteiger partial charge < -0.3 is 14.1 Å². The molecule has 2 aliphatic heterocycles. The van der Waals surface area contributed by atoms with Gasteiger partial charge in [0.05, 0.1) is 18.6 Å². The molecule has 0 unspecified atom stereocenters. The van der Waals surface area contributed by atoms with Gasteiger partial charge in [-0.1, -0.05) is 6.07 Å². The highest BCUT2D eigenvalue weighted by Crippen LogP contribution is 2.45. The van der Waals surface area contributed by atoms with Crippen LogP contribution in [0.2, 0.25) is 0 Å². The Morgan fingerprint density at radius 2 is 2.21 bits per heavy atom. The quantitative estimate of drug-likeness (QED) is 0.739. The van der Waals surface area contributed by atoms with Crippen molar-refractivity contribution in [3.8, 4) is 0 Å². The van der Waals surface area contributed by atoms with Gasteiger partial charge in [0.1, 0.15) is 17.3 Å². The van der Waals surface area contributed by atoms with E-state index in [0.717, 1.165) is 56.4 Å². The lowest BCUT2D eigenvalue weighted by Gasteiger charge is -2.31. The summed E-state index contributed by atoms with van der Waals surface area (Å²) in [5.74, 6) is 3.03. The molecule has 0 amide bonds. The summed E-state index contributed by atoms with van der Waals surface area (Å²) in [6.07, 6.45) is 3.64. The smallest absolute Gasteiger partial charge is 0.314 e. The summed E-state index contributed by atoms with van der Waals surface area (Å²) in [6, 6.07) is 10.0. The normalized spacial score (nSPS) is 25.4. The number of hydrogen-bond acceptors (Lipinski definition) is 6. The van der Waals surface area contributed by atoms with Gasteiger partial charge in [-0.05, 0) is 57.5 Å². The number of furan rings is 1. The van der Waals surface area contributed by atoms with Crippen molar-refractivity contribution in [3.05, 3.63) is 48.0 Å². The van der Waals surface area contributed by atoms with Gasteiger partial charge >= 0.3 is 5.97 Å². The molecular weight excluding hydrogens is 354 g/mol. The third kappa shape index (κ3) is 3.65. The zero-order valence-electron chi connectivity index (χ0n) is 16.8. The molecule has 0 spiro atoms. The van der Waals surface area contributed by atoms with Gasteiger partial charge in [-0.2, -0.15) is 0 Å². The fraction of sp³-hybridized carbons (Fsp3) is 0.545. The zero-order valence-corrected chi connectivity index (χ0v) is 16.8. The van der Waals surface area contributed by atoms with Crippen LogP contribution in [0.4, 0.5) is 5.82 Å². The molecule has 6 nitrogen and oxygen atoms in total. The Bertz CT molecular complexity index is 806. The molecule has 4 heterocycles. The standard InChI is InChI=1S/C22H29N3O3/c1-3-27-21(26)22-10-6-12-24(15-19-9-8-17(2)28-19)13-18(22)14-25(16-22)20-7-4-5-11-23-20/h4-5,7-9,11,18H,3,6,10,12-16H2,1-2H3/t18-,22-/m1/s1. The number of carbonyl (C=O) groups excluding carboxylic acids is 1. The fourth-order valence-corrected chi connectivity index (χ4v) is 4.77. The summed E-state index contributed by atoms with van der Waals surface area (Å²) < 4.78 is 11.3. The molecular formula is C22H29N3O3. The first-order chi connectivity index (χ1) is 13.6. The Balaban J connectivity index is 1.57. The van der Waals surface area contributed by atoms with E-state index in [1.807, 2.05) is 50.4 Å². The van der Waals surface area contributed by atoms with Gasteiger partial charge in [-0.25, -0.2) is 4.98 Å². The highest BCUT2D eigenvalue weighted by molar-refractivity contribution is 5.79. The van der Waals surface area contributed by atoms with Crippen LogP contribution in [-0.2, 0) is 16.1 Å². The number of fused-ring (bicyclic) bond motifs is 1. The van der Waals surface area contributed by atoms with E-state index in [9.17, 15) is 4.79 Å². The average Bonchev–Trinajstić information content (AvgIpc) is 3.22. The summed E-state index contributed by atoms with van der Waals surface area (Å²) in [6.45, 7) is 8.41. The van der Waals surface area contributed by atoms with Gasteiger partial charge in [0.2, 0.25) is 0 Å². The van der Waals surface area contributed by atoms with E-state index in [1.165, 1.54) is 0 Å². The summed E-state index contributed by atoms with van der Waals surface area (Å²) in [5.41, 5.74) is -0.457. The van der Waals surface area contributed by atoms with Gasteiger partial charge in [0.15, 0.2) is 0 Å². The molecule has 2 aliphatic rings. The highest BCUT2D eigenvalue weighted by atomic mass is 16.5. The number of likely N-dealkylation sites (tertiary alicyclic amines) is 1. The Hall–Kier alpha value is -2.34. The van der Waals surface area contributed by atoms with E-state index >= 15 is 0 Å². The van der Waals surface area contributed by atoms with Crippen molar-refractivity contribution in [2.75, 3.05) is 37.7 Å². The van der Waals surface area contributed by atoms with Gasteiger partial charge in [0.25, 0.3) is 0 Å². The lowest BCUT2D eigenvalue weighted by molar-refractivity contribution is -0.157. The minimum Gasteiger partial charge on any atom is -0.466 e. The van der Waals surface area contributed by atoms with Crippen LogP contribution in [0, 0.1) is 18.3 Å². The third-order valence-corrected chi connectivity index (χ3v) is 6.10. The molecule has 2 fully saturated rings. The van der Waals surface area contributed by atoms with Crippen LogP contribution in [0.15, 0.2) is 40.9 Å². The van der Waals surface area contributed by atoms with Crippen LogP contribution in [0.3, 0.4) is 0 Å². The fourth-order valence-electron chi connectivity index (χ4n) is 4.77. The van der Waals surface area contributed by atoms with E-state index in [1.54, 1.807) is 0 Å². The molecule has 0 aromatic carbocycles. The Morgan fingerprint density at radius 3 is 2.93 bits per heavy atom. The second-order valence-electron chi connectivity index (χ2n) is 7.99. The first kappa shape index (κ1) is 19.0. The number of anilines is 1. The molecule has 0 aliphatic carbocycles. The van der Waals surface area contributed by atoms with E-state index < -0.39 is 5.41 Å². The molecule has 0 saturated carbocycles. The lowest BCUT2D eigenvalue weighted by atomic mass is 9.75. The lowest BCUT2D eigenvalue weighted by Crippen LogP contribution is -2.42. The van der Waals surface area contributed by atoms with Crippen molar-refractivity contribution in [3.63, 3.8) is 0 Å². The Kier molecular flexibility index (Phi) is 5.40. The maximum Gasteiger partial charge on any atom is 0.314 e. The maximum absolute atomic E-state index is 13.1. The van der Waals surface area contributed by atoms with Gasteiger partial charge in [-0.15, -0.1) is 0 Å². The number of esters is 1. The predicted octanol–water partition coefficient (Wildman–Crippen LogP) is 3.26. The third-order valence-electron chi connectivity index (χ3n) is 6.10. The summed E-state index contributed by atoms with van der Waals surface area (Å²) in [5, 5.41) is 0. The molecule has 28 heavy (non-hydrogen) atoms. The van der Waals surface area contributed by atoms with Crippen LogP contribution < -0.4 is 4.90 Å². The Labute approximate surface area is 166 Å².